The summed E-state index contributed by atoms with van der Waals surface area (Å²) in [6, 6.07) is 15.8. The SMILES string of the molecule is Cc1ccnc(C(NC(=O)c2ccc(C#N)c(F)c2)c2ccc(Cl)cc2)c1. The number of nitrogens with one attached hydrogen (secondary N) is 1. The van der Waals surface area contributed by atoms with E-state index < -0.39 is 17.8 Å². The van der Waals surface area contributed by atoms with Crippen molar-refractivity contribution in [2.24, 2.45) is 0 Å². The van der Waals surface area contributed by atoms with Crippen molar-refractivity contribution in [1.82, 2.24) is 10.3 Å². The summed E-state index contributed by atoms with van der Waals surface area (Å²) >= 11 is 5.96. The fraction of sp³-hybridized carbons (Fsp3) is 0.0952. The van der Waals surface area contributed by atoms with Crippen molar-refractivity contribution >= 4 is 17.5 Å². The number of pyridine rings is 1. The molecule has 1 aromatic heterocycles. The molecule has 0 spiro atoms. The van der Waals surface area contributed by atoms with Crippen molar-refractivity contribution < 1.29 is 9.18 Å². The molecule has 4 nitrogen and oxygen atoms in total. The molecular weight excluding hydrogens is 365 g/mol. The van der Waals surface area contributed by atoms with Crippen molar-refractivity contribution in [3.05, 3.63) is 99.6 Å². The smallest absolute Gasteiger partial charge is 0.252 e. The molecule has 2 aromatic carbocycles. The van der Waals surface area contributed by atoms with Crippen LogP contribution in [0.1, 0.15) is 38.8 Å². The number of nitrogens with zero attached hydrogens (tertiary/aromatic N) is 2. The van der Waals surface area contributed by atoms with Gasteiger partial charge in [0.05, 0.1) is 17.3 Å². The zero-order valence-electron chi connectivity index (χ0n) is 14.4. The van der Waals surface area contributed by atoms with Crippen LogP contribution in [0.15, 0.2) is 60.8 Å². The number of halogens is 2. The fourth-order valence-electron chi connectivity index (χ4n) is 2.66. The van der Waals surface area contributed by atoms with Crippen LogP contribution in [-0.2, 0) is 0 Å². The second kappa shape index (κ2) is 7.98. The van der Waals surface area contributed by atoms with Crippen LogP contribution in [-0.4, -0.2) is 10.9 Å². The van der Waals surface area contributed by atoms with Gasteiger partial charge in [0.1, 0.15) is 11.9 Å². The topological polar surface area (TPSA) is 65.8 Å². The van der Waals surface area contributed by atoms with Crippen LogP contribution in [0.25, 0.3) is 0 Å². The van der Waals surface area contributed by atoms with E-state index >= 15 is 0 Å². The highest BCUT2D eigenvalue weighted by molar-refractivity contribution is 6.30. The van der Waals surface area contributed by atoms with E-state index in [0.29, 0.717) is 10.7 Å². The van der Waals surface area contributed by atoms with Gasteiger partial charge in [0.25, 0.3) is 5.91 Å². The van der Waals surface area contributed by atoms with E-state index in [2.05, 4.69) is 10.3 Å². The van der Waals surface area contributed by atoms with Crippen molar-refractivity contribution in [3.63, 3.8) is 0 Å². The minimum absolute atomic E-state index is 0.110. The number of hydrogen-bond donors (Lipinski definition) is 1. The zero-order chi connectivity index (χ0) is 19.4. The molecular formula is C21H15ClFN3O. The third-order valence-electron chi connectivity index (χ3n) is 4.06. The number of carbonyl (C=O) groups is 1. The van der Waals surface area contributed by atoms with Gasteiger partial charge >= 0.3 is 0 Å². The Labute approximate surface area is 161 Å². The van der Waals surface area contributed by atoms with Gasteiger partial charge in [0, 0.05) is 16.8 Å². The van der Waals surface area contributed by atoms with E-state index in [1.165, 1.54) is 12.1 Å². The Morgan fingerprint density at radius 3 is 2.56 bits per heavy atom. The molecule has 0 aliphatic heterocycles. The molecule has 0 saturated heterocycles. The minimum Gasteiger partial charge on any atom is -0.340 e. The molecule has 0 fully saturated rings. The molecule has 1 heterocycles. The van der Waals surface area contributed by atoms with E-state index in [0.717, 1.165) is 17.2 Å². The number of hydrogen-bond acceptors (Lipinski definition) is 3. The Kier molecular flexibility index (Phi) is 5.49. The Hall–Kier alpha value is -3.23. The van der Waals surface area contributed by atoms with E-state index in [1.807, 2.05) is 19.1 Å². The highest BCUT2D eigenvalue weighted by Crippen LogP contribution is 2.23. The summed E-state index contributed by atoms with van der Waals surface area (Å²) in [4.78, 5) is 17.1. The minimum atomic E-state index is -0.734. The van der Waals surface area contributed by atoms with Gasteiger partial charge in [-0.25, -0.2) is 4.39 Å². The summed E-state index contributed by atoms with van der Waals surface area (Å²) < 4.78 is 13.9. The first-order valence-electron chi connectivity index (χ1n) is 8.16. The lowest BCUT2D eigenvalue weighted by Gasteiger charge is -2.19. The lowest BCUT2D eigenvalue weighted by molar-refractivity contribution is 0.0942. The number of carbonyl (C=O) groups excluding carboxylic acids is 1. The van der Waals surface area contributed by atoms with Crippen LogP contribution < -0.4 is 5.32 Å². The maximum absolute atomic E-state index is 13.9. The number of nitriles is 1. The molecule has 134 valence electrons. The lowest BCUT2D eigenvalue weighted by atomic mass is 10.0. The maximum Gasteiger partial charge on any atom is 0.252 e. The number of benzene rings is 2. The first kappa shape index (κ1) is 18.6. The number of aromatic nitrogens is 1. The van der Waals surface area contributed by atoms with Gasteiger partial charge in [0.15, 0.2) is 0 Å². The van der Waals surface area contributed by atoms with E-state index in [4.69, 9.17) is 16.9 Å². The second-order valence-corrected chi connectivity index (χ2v) is 6.46. The van der Waals surface area contributed by atoms with Crippen LogP contribution in [0.3, 0.4) is 0 Å². The van der Waals surface area contributed by atoms with Gasteiger partial charge in [-0.3, -0.25) is 9.78 Å². The fourth-order valence-corrected chi connectivity index (χ4v) is 2.79. The van der Waals surface area contributed by atoms with Crippen LogP contribution in [0.2, 0.25) is 5.02 Å². The van der Waals surface area contributed by atoms with Gasteiger partial charge in [-0.1, -0.05) is 23.7 Å². The van der Waals surface area contributed by atoms with Gasteiger partial charge in [-0.05, 0) is 60.5 Å². The summed E-state index contributed by atoms with van der Waals surface area (Å²) in [6.07, 6.45) is 1.67. The maximum atomic E-state index is 13.9. The molecule has 6 heteroatoms. The third kappa shape index (κ3) is 4.30. The molecule has 27 heavy (non-hydrogen) atoms. The van der Waals surface area contributed by atoms with Crippen molar-refractivity contribution in [1.29, 1.82) is 5.26 Å². The molecule has 3 aromatic rings. The Morgan fingerprint density at radius 1 is 1.19 bits per heavy atom. The summed E-state index contributed by atoms with van der Waals surface area (Å²) in [6.45, 7) is 1.93. The summed E-state index contributed by atoms with van der Waals surface area (Å²) in [7, 11) is 0. The van der Waals surface area contributed by atoms with E-state index in [9.17, 15) is 9.18 Å². The van der Waals surface area contributed by atoms with Crippen LogP contribution in [0, 0.1) is 24.1 Å². The van der Waals surface area contributed by atoms with Gasteiger partial charge in [-0.15, -0.1) is 0 Å². The first-order valence-corrected chi connectivity index (χ1v) is 8.54. The molecule has 1 N–H and O–H groups in total. The molecule has 1 amide bonds. The molecule has 3 rings (SSSR count). The van der Waals surface area contributed by atoms with Gasteiger partial charge in [-0.2, -0.15) is 5.26 Å². The van der Waals surface area contributed by atoms with Crippen molar-refractivity contribution in [2.45, 2.75) is 13.0 Å². The molecule has 0 aliphatic carbocycles. The average Bonchev–Trinajstić information content (AvgIpc) is 2.66. The molecule has 1 atom stereocenters. The average molecular weight is 380 g/mol. The largest absolute Gasteiger partial charge is 0.340 e. The van der Waals surface area contributed by atoms with Crippen molar-refractivity contribution in [3.8, 4) is 6.07 Å². The Balaban J connectivity index is 1.96. The molecule has 0 radical (unpaired) electrons. The molecule has 0 bridgehead atoms. The molecule has 1 unspecified atom stereocenters. The highest BCUT2D eigenvalue weighted by Gasteiger charge is 2.20. The Morgan fingerprint density at radius 2 is 1.93 bits per heavy atom. The summed E-state index contributed by atoms with van der Waals surface area (Å²) in [5.41, 5.74) is 2.46. The second-order valence-electron chi connectivity index (χ2n) is 6.02. The third-order valence-corrected chi connectivity index (χ3v) is 4.31. The normalized spacial score (nSPS) is 11.5. The molecule has 0 saturated carbocycles. The van der Waals surface area contributed by atoms with Gasteiger partial charge in [0.2, 0.25) is 0 Å². The Bertz CT molecular complexity index is 1030. The highest BCUT2D eigenvalue weighted by atomic mass is 35.5. The number of amides is 1. The number of rotatable bonds is 4. The quantitative estimate of drug-likeness (QED) is 0.721. The lowest BCUT2D eigenvalue weighted by Crippen LogP contribution is -2.30. The van der Waals surface area contributed by atoms with Crippen LogP contribution >= 0.6 is 11.6 Å². The summed E-state index contributed by atoms with van der Waals surface area (Å²) in [5.74, 6) is -1.21. The molecule has 0 aliphatic rings. The number of aryl methyl sites for hydroxylation is 1. The van der Waals surface area contributed by atoms with Crippen LogP contribution in [0.4, 0.5) is 4.39 Å². The van der Waals surface area contributed by atoms with Gasteiger partial charge < -0.3 is 5.32 Å². The van der Waals surface area contributed by atoms with E-state index in [1.54, 1.807) is 36.5 Å². The first-order chi connectivity index (χ1) is 13.0. The van der Waals surface area contributed by atoms with Crippen molar-refractivity contribution in [2.75, 3.05) is 0 Å². The standard InChI is InChI=1S/C21H15ClFN3O/c1-13-8-9-25-19(10-13)20(14-4-6-17(22)7-5-14)26-21(27)15-2-3-16(12-24)18(23)11-15/h2-11,20H,1H3,(H,26,27). The van der Waals surface area contributed by atoms with Crippen LogP contribution in [0.5, 0.6) is 0 Å². The predicted molar refractivity (Wildman–Crippen MR) is 101 cm³/mol. The van der Waals surface area contributed by atoms with E-state index in [-0.39, 0.29) is 11.1 Å². The zero-order valence-corrected chi connectivity index (χ0v) is 15.2. The monoisotopic (exact) mass is 379 g/mol. The summed E-state index contributed by atoms with van der Waals surface area (Å²) in [5, 5.41) is 12.3. The predicted octanol–water partition coefficient (Wildman–Crippen LogP) is 4.57.